The van der Waals surface area contributed by atoms with E-state index in [0.29, 0.717) is 17.5 Å². The molecule has 1 aromatic carbocycles. The van der Waals surface area contributed by atoms with Crippen LogP contribution in [0.15, 0.2) is 29.1 Å². The first-order valence-corrected chi connectivity index (χ1v) is 8.34. The summed E-state index contributed by atoms with van der Waals surface area (Å²) < 4.78 is 18.6. The summed E-state index contributed by atoms with van der Waals surface area (Å²) >= 11 is 1.45. The Morgan fingerprint density at radius 3 is 2.96 bits per heavy atom. The molecule has 0 radical (unpaired) electrons. The summed E-state index contributed by atoms with van der Waals surface area (Å²) in [6.07, 6.45) is 0. The summed E-state index contributed by atoms with van der Waals surface area (Å²) in [5, 5.41) is 3.95. The molecule has 1 amide bonds. The number of pyridine rings is 1. The van der Waals surface area contributed by atoms with Crippen LogP contribution in [0, 0.1) is 12.7 Å². The number of amides is 1. The van der Waals surface area contributed by atoms with Crippen molar-refractivity contribution in [3.63, 3.8) is 0 Å². The number of fused-ring (bicyclic) bond motifs is 1. The molecule has 130 valence electrons. The highest BCUT2D eigenvalue weighted by molar-refractivity contribution is 7.11. The number of ether oxygens (including phenoxy) is 1. The SMILES string of the molecule is COCc1nc(C)c(CNC(=O)c2cc(=O)[nH]c3ccc(F)cc23)s1. The maximum atomic E-state index is 13.5. The molecule has 2 heterocycles. The van der Waals surface area contributed by atoms with E-state index >= 15 is 0 Å². The number of aromatic nitrogens is 2. The van der Waals surface area contributed by atoms with Gasteiger partial charge in [-0.1, -0.05) is 0 Å². The lowest BCUT2D eigenvalue weighted by molar-refractivity contribution is 0.0952. The van der Waals surface area contributed by atoms with Crippen LogP contribution in [0.3, 0.4) is 0 Å². The van der Waals surface area contributed by atoms with Crippen molar-refractivity contribution in [2.45, 2.75) is 20.1 Å². The zero-order chi connectivity index (χ0) is 18.0. The molecule has 2 N–H and O–H groups in total. The number of benzene rings is 1. The highest BCUT2D eigenvalue weighted by atomic mass is 32.1. The van der Waals surface area contributed by atoms with Gasteiger partial charge < -0.3 is 15.0 Å². The Labute approximate surface area is 146 Å². The van der Waals surface area contributed by atoms with Crippen molar-refractivity contribution in [2.75, 3.05) is 7.11 Å². The Hall–Kier alpha value is -2.58. The van der Waals surface area contributed by atoms with Crippen LogP contribution in [-0.4, -0.2) is 23.0 Å². The van der Waals surface area contributed by atoms with Gasteiger partial charge in [0.05, 0.1) is 24.4 Å². The molecule has 25 heavy (non-hydrogen) atoms. The highest BCUT2D eigenvalue weighted by Crippen LogP contribution is 2.20. The Bertz CT molecular complexity index is 996. The minimum absolute atomic E-state index is 0.137. The fraction of sp³-hybridized carbons (Fsp3) is 0.235. The van der Waals surface area contributed by atoms with Crippen LogP contribution in [0.1, 0.15) is 25.9 Å². The Balaban J connectivity index is 1.85. The lowest BCUT2D eigenvalue weighted by Gasteiger charge is -2.07. The third-order valence-electron chi connectivity index (χ3n) is 3.66. The molecular formula is C17H16FN3O3S. The molecule has 0 spiro atoms. The van der Waals surface area contributed by atoms with E-state index in [1.807, 2.05) is 6.92 Å². The van der Waals surface area contributed by atoms with Crippen LogP contribution in [0.5, 0.6) is 0 Å². The number of nitrogens with zero attached hydrogens (tertiary/aromatic N) is 1. The lowest BCUT2D eigenvalue weighted by atomic mass is 10.1. The van der Waals surface area contributed by atoms with Crippen molar-refractivity contribution in [2.24, 2.45) is 0 Å². The van der Waals surface area contributed by atoms with Gasteiger partial charge in [0.2, 0.25) is 5.56 Å². The molecule has 8 heteroatoms. The third-order valence-corrected chi connectivity index (χ3v) is 4.79. The number of carbonyl (C=O) groups excluding carboxylic acids is 1. The van der Waals surface area contributed by atoms with Gasteiger partial charge in [-0.15, -0.1) is 11.3 Å². The van der Waals surface area contributed by atoms with Gasteiger partial charge in [0.25, 0.3) is 5.91 Å². The van der Waals surface area contributed by atoms with E-state index in [1.54, 1.807) is 7.11 Å². The summed E-state index contributed by atoms with van der Waals surface area (Å²) in [7, 11) is 1.59. The molecule has 3 aromatic rings. The van der Waals surface area contributed by atoms with E-state index in [2.05, 4.69) is 15.3 Å². The summed E-state index contributed by atoms with van der Waals surface area (Å²) in [6.45, 7) is 2.54. The average molecular weight is 361 g/mol. The van der Waals surface area contributed by atoms with Crippen molar-refractivity contribution in [1.82, 2.24) is 15.3 Å². The molecule has 0 aliphatic rings. The summed E-state index contributed by atoms with van der Waals surface area (Å²) in [6, 6.07) is 5.08. The number of hydrogen-bond donors (Lipinski definition) is 2. The van der Waals surface area contributed by atoms with Crippen molar-refractivity contribution in [3.8, 4) is 0 Å². The van der Waals surface area contributed by atoms with Crippen molar-refractivity contribution in [3.05, 3.63) is 61.6 Å². The molecule has 0 unspecified atom stereocenters. The zero-order valence-electron chi connectivity index (χ0n) is 13.7. The molecule has 0 bridgehead atoms. The minimum Gasteiger partial charge on any atom is -0.378 e. The van der Waals surface area contributed by atoms with Crippen LogP contribution >= 0.6 is 11.3 Å². The molecule has 0 aliphatic carbocycles. The summed E-state index contributed by atoms with van der Waals surface area (Å²) in [4.78, 5) is 32.1. The van der Waals surface area contributed by atoms with Gasteiger partial charge in [-0.3, -0.25) is 9.59 Å². The smallest absolute Gasteiger partial charge is 0.252 e. The molecule has 0 fully saturated rings. The van der Waals surface area contributed by atoms with Crippen LogP contribution in [0.4, 0.5) is 4.39 Å². The molecular weight excluding hydrogens is 345 g/mol. The molecule has 2 aromatic heterocycles. The number of hydrogen-bond acceptors (Lipinski definition) is 5. The van der Waals surface area contributed by atoms with Crippen LogP contribution < -0.4 is 10.9 Å². The van der Waals surface area contributed by atoms with Gasteiger partial charge in [0, 0.05) is 29.0 Å². The Kier molecular flexibility index (Phi) is 4.91. The topological polar surface area (TPSA) is 84.1 Å². The summed E-state index contributed by atoms with van der Waals surface area (Å²) in [5.74, 6) is -0.918. The Morgan fingerprint density at radius 1 is 1.40 bits per heavy atom. The van der Waals surface area contributed by atoms with E-state index in [0.717, 1.165) is 15.6 Å². The average Bonchev–Trinajstić information content (AvgIpc) is 2.92. The molecule has 3 rings (SSSR count). The maximum absolute atomic E-state index is 13.5. The van der Waals surface area contributed by atoms with E-state index in [-0.39, 0.29) is 12.1 Å². The van der Waals surface area contributed by atoms with Gasteiger partial charge in [0.1, 0.15) is 10.8 Å². The zero-order valence-corrected chi connectivity index (χ0v) is 14.5. The van der Waals surface area contributed by atoms with Crippen LogP contribution in [-0.2, 0) is 17.9 Å². The maximum Gasteiger partial charge on any atom is 0.252 e. The van der Waals surface area contributed by atoms with Gasteiger partial charge >= 0.3 is 0 Å². The minimum atomic E-state index is -0.476. The fourth-order valence-corrected chi connectivity index (χ4v) is 3.49. The van der Waals surface area contributed by atoms with E-state index in [4.69, 9.17) is 4.74 Å². The Morgan fingerprint density at radius 2 is 2.20 bits per heavy atom. The monoisotopic (exact) mass is 361 g/mol. The lowest BCUT2D eigenvalue weighted by Crippen LogP contribution is -2.24. The number of H-pyrrole nitrogens is 1. The van der Waals surface area contributed by atoms with Crippen molar-refractivity contribution >= 4 is 28.1 Å². The van der Waals surface area contributed by atoms with E-state index < -0.39 is 17.3 Å². The number of carbonyl (C=O) groups is 1. The van der Waals surface area contributed by atoms with Crippen molar-refractivity contribution < 1.29 is 13.9 Å². The number of aromatic amines is 1. The number of nitrogens with one attached hydrogen (secondary N) is 2. The first-order valence-electron chi connectivity index (χ1n) is 7.53. The van der Waals surface area contributed by atoms with Crippen LogP contribution in [0.25, 0.3) is 10.9 Å². The largest absolute Gasteiger partial charge is 0.378 e. The predicted octanol–water partition coefficient (Wildman–Crippen LogP) is 2.51. The fourth-order valence-electron chi connectivity index (χ4n) is 2.51. The number of rotatable bonds is 5. The molecule has 6 nitrogen and oxygen atoms in total. The van der Waals surface area contributed by atoms with Gasteiger partial charge in [-0.05, 0) is 25.1 Å². The quantitative estimate of drug-likeness (QED) is 0.731. The normalized spacial score (nSPS) is 11.0. The first kappa shape index (κ1) is 17.2. The third kappa shape index (κ3) is 3.75. The van der Waals surface area contributed by atoms with Gasteiger partial charge in [-0.25, -0.2) is 9.37 Å². The number of methoxy groups -OCH3 is 1. The summed E-state index contributed by atoms with van der Waals surface area (Å²) in [5.41, 5.74) is 0.952. The van der Waals surface area contributed by atoms with Crippen LogP contribution in [0.2, 0.25) is 0 Å². The van der Waals surface area contributed by atoms with E-state index in [1.165, 1.54) is 35.6 Å². The second-order valence-corrected chi connectivity index (χ2v) is 6.64. The predicted molar refractivity (Wildman–Crippen MR) is 93.3 cm³/mol. The second-order valence-electron chi connectivity index (χ2n) is 5.47. The highest BCUT2D eigenvalue weighted by Gasteiger charge is 2.14. The first-order chi connectivity index (χ1) is 12.0. The van der Waals surface area contributed by atoms with Gasteiger partial charge in [-0.2, -0.15) is 0 Å². The number of aryl methyl sites for hydroxylation is 1. The standard InChI is InChI=1S/C17H16FN3O3S/c1-9-14(25-16(20-9)8-24-2)7-19-17(23)12-6-15(22)21-13-4-3-10(18)5-11(12)13/h3-6H,7-8H2,1-2H3,(H,19,23)(H,21,22). The van der Waals surface area contributed by atoms with Gasteiger partial charge in [0.15, 0.2) is 0 Å². The molecule has 0 saturated carbocycles. The number of halogens is 1. The second kappa shape index (κ2) is 7.12. The van der Waals surface area contributed by atoms with E-state index in [9.17, 15) is 14.0 Å². The van der Waals surface area contributed by atoms with Crippen molar-refractivity contribution in [1.29, 1.82) is 0 Å². The number of thiazole rings is 1. The molecule has 0 aliphatic heterocycles. The molecule has 0 saturated heterocycles. The molecule has 0 atom stereocenters.